The molecule has 0 bridgehead atoms. The highest BCUT2D eigenvalue weighted by molar-refractivity contribution is 5.87. The van der Waals surface area contributed by atoms with Gasteiger partial charge >= 0.3 is 5.97 Å². The summed E-state index contributed by atoms with van der Waals surface area (Å²) in [4.78, 5) is 13.4. The molecule has 0 amide bonds. The van der Waals surface area contributed by atoms with Crippen molar-refractivity contribution in [3.8, 4) is 23.0 Å². The van der Waals surface area contributed by atoms with Crippen molar-refractivity contribution in [2.75, 3.05) is 40.6 Å². The van der Waals surface area contributed by atoms with Crippen LogP contribution in [0.3, 0.4) is 0 Å². The predicted octanol–water partition coefficient (Wildman–Crippen LogP) is -1.94. The van der Waals surface area contributed by atoms with E-state index >= 15 is 0 Å². The fraction of sp³-hybridized carbons (Fsp3) is 0.583. The number of rotatable bonds is 15. The zero-order valence-corrected chi connectivity index (χ0v) is 30.2. The van der Waals surface area contributed by atoms with Crippen LogP contribution in [0.15, 0.2) is 42.5 Å². The molecule has 3 saturated heterocycles. The number of esters is 1. The molecule has 3 fully saturated rings. The van der Waals surface area contributed by atoms with E-state index in [9.17, 15) is 50.8 Å². The Balaban J connectivity index is 1.42. The van der Waals surface area contributed by atoms with Crippen molar-refractivity contribution in [3.05, 3.63) is 53.6 Å². The number of phenolic OH excluding ortho intramolecular Hbond substituents is 2. The second-order valence-electron chi connectivity index (χ2n) is 13.3. The summed E-state index contributed by atoms with van der Waals surface area (Å²) >= 11 is 0. The Morgan fingerprint density at radius 1 is 0.855 bits per heavy atom. The van der Waals surface area contributed by atoms with Crippen molar-refractivity contribution in [1.29, 1.82) is 0 Å². The minimum atomic E-state index is -2.04. The molecule has 19 nitrogen and oxygen atoms in total. The van der Waals surface area contributed by atoms with Crippen molar-refractivity contribution in [1.82, 2.24) is 0 Å². The maximum atomic E-state index is 13.4. The number of carbonyl (C=O) groups is 1. The molecule has 9 N–H and O–H groups in total. The van der Waals surface area contributed by atoms with Gasteiger partial charge in [-0.05, 0) is 54.8 Å². The third kappa shape index (κ3) is 9.84. The van der Waals surface area contributed by atoms with E-state index in [1.54, 1.807) is 12.1 Å². The van der Waals surface area contributed by atoms with Gasteiger partial charge in [0.2, 0.25) is 0 Å². The highest BCUT2D eigenvalue weighted by Crippen LogP contribution is 2.34. The number of hydrogen-bond donors (Lipinski definition) is 9. The van der Waals surface area contributed by atoms with Gasteiger partial charge < -0.3 is 88.6 Å². The molecule has 5 rings (SSSR count). The highest BCUT2D eigenvalue weighted by atomic mass is 16.8. The Morgan fingerprint density at radius 3 is 2.22 bits per heavy atom. The Morgan fingerprint density at radius 2 is 1.55 bits per heavy atom. The molecule has 306 valence electrons. The van der Waals surface area contributed by atoms with Crippen molar-refractivity contribution in [2.45, 2.75) is 92.8 Å². The minimum Gasteiger partial charge on any atom is -0.504 e. The second-order valence-corrected chi connectivity index (χ2v) is 13.3. The van der Waals surface area contributed by atoms with Gasteiger partial charge in [0.15, 0.2) is 48.0 Å². The molecular weight excluding hydrogens is 736 g/mol. The third-order valence-electron chi connectivity index (χ3n) is 9.50. The van der Waals surface area contributed by atoms with Crippen LogP contribution in [0.25, 0.3) is 6.08 Å². The van der Waals surface area contributed by atoms with E-state index in [4.69, 9.17) is 42.6 Å². The summed E-state index contributed by atoms with van der Waals surface area (Å²) in [6.07, 6.45) is -16.3. The normalized spacial score (nSPS) is 35.2. The minimum absolute atomic E-state index is 0.0767. The van der Waals surface area contributed by atoms with Crippen molar-refractivity contribution >= 4 is 12.0 Å². The lowest BCUT2D eigenvalue weighted by Crippen LogP contribution is -2.65. The predicted molar refractivity (Wildman–Crippen MR) is 184 cm³/mol. The van der Waals surface area contributed by atoms with Gasteiger partial charge in [0, 0.05) is 6.08 Å². The summed E-state index contributed by atoms with van der Waals surface area (Å²) in [6.45, 7) is -0.557. The number of aliphatic hydroxyl groups excluding tert-OH is 6. The van der Waals surface area contributed by atoms with Gasteiger partial charge in [-0.1, -0.05) is 12.1 Å². The summed E-state index contributed by atoms with van der Waals surface area (Å²) in [5, 5.41) is 93.8. The van der Waals surface area contributed by atoms with Gasteiger partial charge in [0.1, 0.15) is 48.3 Å². The number of methoxy groups -OCH3 is 2. The SMILES string of the molecule is COc1cc(/C=C/C(=O)O[C@H]2[C@H](O[C@@H]3O[C@@H](C)[C@H](O)[C@@H](O)[C@H]3O)[C@@H](O)[C@H](OCCc3ccc(O)c(OC)c3)O[C@@H]2CO[C@@H]2OC[C@](O)(CO)[C@H]2O)ccc1O. The van der Waals surface area contributed by atoms with Crippen LogP contribution in [-0.2, 0) is 44.4 Å². The monoisotopic (exact) mass is 784 g/mol. The number of carbonyl (C=O) groups excluding carboxylic acids is 1. The molecule has 3 aliphatic heterocycles. The molecule has 0 radical (unpaired) electrons. The largest absolute Gasteiger partial charge is 0.504 e. The van der Waals surface area contributed by atoms with E-state index < -0.39 is 105 Å². The molecular formula is C36H48O19. The second kappa shape index (κ2) is 18.5. The lowest BCUT2D eigenvalue weighted by molar-refractivity contribution is -0.360. The maximum absolute atomic E-state index is 13.4. The number of aromatic hydroxyl groups is 2. The van der Waals surface area contributed by atoms with E-state index in [1.807, 2.05) is 0 Å². The molecule has 13 atom stereocenters. The van der Waals surface area contributed by atoms with Gasteiger partial charge in [-0.2, -0.15) is 0 Å². The molecule has 3 aliphatic rings. The summed E-state index contributed by atoms with van der Waals surface area (Å²) in [5.41, 5.74) is -0.920. The van der Waals surface area contributed by atoms with Gasteiger partial charge in [0.05, 0.1) is 46.8 Å². The molecule has 2 aromatic rings. The molecule has 0 aliphatic carbocycles. The van der Waals surface area contributed by atoms with Crippen LogP contribution < -0.4 is 9.47 Å². The van der Waals surface area contributed by atoms with E-state index in [0.29, 0.717) is 11.1 Å². The van der Waals surface area contributed by atoms with Gasteiger partial charge in [-0.15, -0.1) is 0 Å². The van der Waals surface area contributed by atoms with Crippen LogP contribution in [0.2, 0.25) is 0 Å². The lowest BCUT2D eigenvalue weighted by atomic mass is 9.96. The van der Waals surface area contributed by atoms with Crippen LogP contribution in [0.4, 0.5) is 0 Å². The fourth-order valence-corrected chi connectivity index (χ4v) is 6.17. The third-order valence-corrected chi connectivity index (χ3v) is 9.50. The topological polar surface area (TPSA) is 282 Å². The van der Waals surface area contributed by atoms with Gasteiger partial charge in [0.25, 0.3) is 0 Å². The average Bonchev–Trinajstić information content (AvgIpc) is 3.47. The summed E-state index contributed by atoms with van der Waals surface area (Å²) < 4.78 is 50.8. The van der Waals surface area contributed by atoms with Gasteiger partial charge in [-0.3, -0.25) is 0 Å². The van der Waals surface area contributed by atoms with E-state index in [-0.39, 0.29) is 36.0 Å². The number of hydrogen-bond acceptors (Lipinski definition) is 19. The smallest absolute Gasteiger partial charge is 0.331 e. The molecule has 19 heteroatoms. The molecule has 3 heterocycles. The summed E-state index contributed by atoms with van der Waals surface area (Å²) in [6, 6.07) is 8.94. The first-order valence-electron chi connectivity index (χ1n) is 17.4. The molecule has 0 unspecified atom stereocenters. The number of benzene rings is 2. The number of ether oxygens (including phenoxy) is 9. The molecule has 0 aromatic heterocycles. The standard InChI is InChI=1S/C36H48O19/c1-17-26(41)27(42)28(43)34(52-17)55-31-29(44)33(49-11-10-19-5-8-21(39)23(13-19)48-3)53-24(14-50-35-32(45)36(46,15-37)16-51-35)30(31)54-25(40)9-6-18-4-7-20(38)22(12-18)47-2/h4-9,12-13,17,24,26-35,37-39,41-46H,10-11,14-16H2,1-3H3/b9-6+/t17-,24+,26-,27+,28+,29+,30+,31+,32-,33+,34-,35+,36+/m0/s1. The Hall–Kier alpha value is -3.67. The summed E-state index contributed by atoms with van der Waals surface area (Å²) in [7, 11) is 2.74. The first-order chi connectivity index (χ1) is 26.2. The van der Waals surface area contributed by atoms with E-state index in [2.05, 4.69) is 0 Å². The molecule has 2 aromatic carbocycles. The quantitative estimate of drug-likeness (QED) is 0.0701. The first kappa shape index (κ1) is 42.5. The zero-order chi connectivity index (χ0) is 40.0. The van der Waals surface area contributed by atoms with Crippen molar-refractivity contribution in [3.63, 3.8) is 0 Å². The number of aliphatic hydroxyl groups is 7. The van der Waals surface area contributed by atoms with Crippen LogP contribution >= 0.6 is 0 Å². The molecule has 55 heavy (non-hydrogen) atoms. The lowest BCUT2D eigenvalue weighted by Gasteiger charge is -2.46. The Bertz CT molecular complexity index is 1610. The highest BCUT2D eigenvalue weighted by Gasteiger charge is 2.54. The fourth-order valence-electron chi connectivity index (χ4n) is 6.17. The average molecular weight is 785 g/mol. The van der Waals surface area contributed by atoms with E-state index in [0.717, 1.165) is 6.08 Å². The van der Waals surface area contributed by atoms with Crippen LogP contribution in [-0.4, -0.2) is 172 Å². The van der Waals surface area contributed by atoms with Gasteiger partial charge in [-0.25, -0.2) is 4.79 Å². The molecule has 0 saturated carbocycles. The Kier molecular flexibility index (Phi) is 14.3. The maximum Gasteiger partial charge on any atom is 0.331 e. The zero-order valence-electron chi connectivity index (χ0n) is 30.2. The summed E-state index contributed by atoms with van der Waals surface area (Å²) in [5.74, 6) is -0.847. The van der Waals surface area contributed by atoms with Crippen molar-refractivity contribution in [2.24, 2.45) is 0 Å². The van der Waals surface area contributed by atoms with E-state index in [1.165, 1.54) is 51.5 Å². The van der Waals surface area contributed by atoms with Crippen molar-refractivity contribution < 1.29 is 93.4 Å². The number of phenols is 2. The first-order valence-corrected chi connectivity index (χ1v) is 17.4. The van der Waals surface area contributed by atoms with Crippen LogP contribution in [0.1, 0.15) is 18.1 Å². The van der Waals surface area contributed by atoms with Crippen LogP contribution in [0, 0.1) is 0 Å². The Labute approximate surface area is 315 Å². The molecule has 0 spiro atoms. The van der Waals surface area contributed by atoms with Crippen LogP contribution in [0.5, 0.6) is 23.0 Å².